The van der Waals surface area contributed by atoms with E-state index in [1.165, 1.54) is 29.9 Å². The number of sulfonamides is 1. The second kappa shape index (κ2) is 6.37. The molecule has 2 aromatic rings. The third-order valence-electron chi connectivity index (χ3n) is 2.77. The Bertz CT molecular complexity index is 878. The first-order valence-corrected chi connectivity index (χ1v) is 8.20. The molecule has 0 unspecified atom stereocenters. The summed E-state index contributed by atoms with van der Waals surface area (Å²) >= 11 is 0. The first-order chi connectivity index (χ1) is 10.7. The summed E-state index contributed by atoms with van der Waals surface area (Å²) in [6.45, 7) is 3.44. The van der Waals surface area contributed by atoms with Crippen LogP contribution in [-0.2, 0) is 17.1 Å². The predicted molar refractivity (Wildman–Crippen MR) is 82.5 cm³/mol. The molecule has 0 aliphatic heterocycles. The quantitative estimate of drug-likeness (QED) is 0.890. The van der Waals surface area contributed by atoms with Gasteiger partial charge in [-0.25, -0.2) is 17.6 Å². The Morgan fingerprint density at radius 2 is 2.00 bits per heavy atom. The van der Waals surface area contributed by atoms with Crippen molar-refractivity contribution < 1.29 is 17.5 Å². The van der Waals surface area contributed by atoms with Gasteiger partial charge in [-0.05, 0) is 38.1 Å². The van der Waals surface area contributed by atoms with Crippen molar-refractivity contribution in [1.29, 1.82) is 0 Å². The van der Waals surface area contributed by atoms with Crippen molar-refractivity contribution in [2.24, 2.45) is 7.05 Å². The number of aromatic nitrogens is 2. The molecule has 124 valence electrons. The number of aryl methyl sites for hydroxylation is 1. The van der Waals surface area contributed by atoms with Crippen molar-refractivity contribution in [3.63, 3.8) is 0 Å². The number of rotatable bonds is 5. The Morgan fingerprint density at radius 3 is 2.61 bits per heavy atom. The van der Waals surface area contributed by atoms with E-state index in [0.717, 1.165) is 12.1 Å². The number of halogens is 1. The summed E-state index contributed by atoms with van der Waals surface area (Å²) in [7, 11) is -2.69. The fourth-order valence-corrected chi connectivity index (χ4v) is 2.91. The van der Waals surface area contributed by atoms with E-state index in [4.69, 9.17) is 4.74 Å². The number of hydrogen-bond acceptors (Lipinski definition) is 5. The standard InChI is InChI=1S/C14H16FN3O4S/c1-9(2)22-11-5-4-10(15)8-12(11)23(20,21)17-13-6-7-18(3)14(19)16-13/h4-9H,1-3H3,(H,16,17,19). The molecule has 7 nitrogen and oxygen atoms in total. The van der Waals surface area contributed by atoms with Gasteiger partial charge in [0.05, 0.1) is 6.10 Å². The smallest absolute Gasteiger partial charge is 0.349 e. The lowest BCUT2D eigenvalue weighted by molar-refractivity contribution is 0.235. The molecule has 0 bridgehead atoms. The Kier molecular flexibility index (Phi) is 4.69. The average molecular weight is 341 g/mol. The van der Waals surface area contributed by atoms with Crippen LogP contribution in [-0.4, -0.2) is 24.1 Å². The molecule has 1 heterocycles. The molecule has 23 heavy (non-hydrogen) atoms. The van der Waals surface area contributed by atoms with E-state index in [0.29, 0.717) is 0 Å². The van der Waals surface area contributed by atoms with Gasteiger partial charge in [-0.1, -0.05) is 0 Å². The first-order valence-electron chi connectivity index (χ1n) is 6.72. The fourth-order valence-electron chi connectivity index (χ4n) is 1.76. The maximum Gasteiger partial charge on any atom is 0.349 e. The molecule has 2 rings (SSSR count). The van der Waals surface area contributed by atoms with E-state index in [2.05, 4.69) is 9.71 Å². The van der Waals surface area contributed by atoms with Crippen molar-refractivity contribution in [3.8, 4) is 5.75 Å². The lowest BCUT2D eigenvalue weighted by atomic mass is 10.3. The van der Waals surface area contributed by atoms with Gasteiger partial charge in [0.2, 0.25) is 0 Å². The predicted octanol–water partition coefficient (Wildman–Crippen LogP) is 1.51. The van der Waals surface area contributed by atoms with Crippen molar-refractivity contribution in [3.05, 3.63) is 46.8 Å². The molecular weight excluding hydrogens is 325 g/mol. The van der Waals surface area contributed by atoms with E-state index in [9.17, 15) is 17.6 Å². The second-order valence-corrected chi connectivity index (χ2v) is 6.72. The zero-order valence-electron chi connectivity index (χ0n) is 12.8. The minimum Gasteiger partial charge on any atom is -0.490 e. The van der Waals surface area contributed by atoms with Gasteiger partial charge >= 0.3 is 5.69 Å². The van der Waals surface area contributed by atoms with E-state index < -0.39 is 21.5 Å². The van der Waals surface area contributed by atoms with Gasteiger partial charge in [0.15, 0.2) is 0 Å². The minimum atomic E-state index is -4.17. The highest BCUT2D eigenvalue weighted by molar-refractivity contribution is 7.92. The van der Waals surface area contributed by atoms with Crippen LogP contribution in [0.25, 0.3) is 0 Å². The molecule has 9 heteroatoms. The Labute approximate surface area is 132 Å². The first kappa shape index (κ1) is 16.9. The van der Waals surface area contributed by atoms with Crippen LogP contribution in [0.2, 0.25) is 0 Å². The van der Waals surface area contributed by atoms with Crippen molar-refractivity contribution >= 4 is 15.8 Å². The zero-order valence-corrected chi connectivity index (χ0v) is 13.6. The molecule has 0 amide bonds. The van der Waals surface area contributed by atoms with Gasteiger partial charge < -0.3 is 9.30 Å². The summed E-state index contributed by atoms with van der Waals surface area (Å²) in [4.78, 5) is 14.7. The number of anilines is 1. The van der Waals surface area contributed by atoms with Crippen LogP contribution >= 0.6 is 0 Å². The number of nitrogens with one attached hydrogen (secondary N) is 1. The van der Waals surface area contributed by atoms with Gasteiger partial charge in [0.25, 0.3) is 10.0 Å². The molecular formula is C14H16FN3O4S. The lowest BCUT2D eigenvalue weighted by Gasteiger charge is -2.15. The van der Waals surface area contributed by atoms with Gasteiger partial charge in [-0.15, -0.1) is 0 Å². The van der Waals surface area contributed by atoms with Gasteiger partial charge in [-0.2, -0.15) is 4.98 Å². The summed E-state index contributed by atoms with van der Waals surface area (Å²) in [5.41, 5.74) is -0.622. The maximum absolute atomic E-state index is 13.5. The van der Waals surface area contributed by atoms with E-state index in [-0.39, 0.29) is 22.6 Å². The van der Waals surface area contributed by atoms with Crippen molar-refractivity contribution in [1.82, 2.24) is 9.55 Å². The van der Waals surface area contributed by atoms with Crippen LogP contribution in [0.1, 0.15) is 13.8 Å². The summed E-state index contributed by atoms with van der Waals surface area (Å²) in [6.07, 6.45) is 1.07. The number of benzene rings is 1. The zero-order chi connectivity index (χ0) is 17.2. The van der Waals surface area contributed by atoms with Crippen molar-refractivity contribution in [2.75, 3.05) is 4.72 Å². The molecule has 1 N–H and O–H groups in total. The van der Waals surface area contributed by atoms with Crippen LogP contribution in [0.3, 0.4) is 0 Å². The number of nitrogens with zero attached hydrogens (tertiary/aromatic N) is 2. The molecule has 0 spiro atoms. The highest BCUT2D eigenvalue weighted by Crippen LogP contribution is 2.27. The number of hydrogen-bond donors (Lipinski definition) is 1. The van der Waals surface area contributed by atoms with Crippen LogP contribution in [0.4, 0.5) is 10.2 Å². The van der Waals surface area contributed by atoms with Gasteiger partial charge in [0, 0.05) is 13.2 Å². The molecule has 0 aliphatic carbocycles. The molecule has 0 fully saturated rings. The van der Waals surface area contributed by atoms with E-state index in [1.54, 1.807) is 13.8 Å². The molecule has 0 radical (unpaired) electrons. The van der Waals surface area contributed by atoms with Gasteiger partial charge in [0.1, 0.15) is 22.3 Å². The molecule has 0 saturated carbocycles. The highest BCUT2D eigenvalue weighted by Gasteiger charge is 2.22. The van der Waals surface area contributed by atoms with Crippen LogP contribution in [0.15, 0.2) is 40.2 Å². The molecule has 1 aromatic heterocycles. The normalized spacial score (nSPS) is 11.5. The topological polar surface area (TPSA) is 90.3 Å². The lowest BCUT2D eigenvalue weighted by Crippen LogP contribution is -2.23. The Morgan fingerprint density at radius 1 is 1.30 bits per heavy atom. The van der Waals surface area contributed by atoms with Crippen LogP contribution in [0.5, 0.6) is 5.75 Å². The number of ether oxygens (including phenoxy) is 1. The third-order valence-corrected chi connectivity index (χ3v) is 4.15. The summed E-state index contributed by atoms with van der Waals surface area (Å²) in [5, 5.41) is 0. The van der Waals surface area contributed by atoms with E-state index >= 15 is 0 Å². The second-order valence-electron chi connectivity index (χ2n) is 5.07. The van der Waals surface area contributed by atoms with Gasteiger partial charge in [-0.3, -0.25) is 4.72 Å². The molecule has 0 aliphatic rings. The molecule has 1 aromatic carbocycles. The maximum atomic E-state index is 13.5. The highest BCUT2D eigenvalue weighted by atomic mass is 32.2. The third kappa shape index (κ3) is 4.07. The summed E-state index contributed by atoms with van der Waals surface area (Å²) < 4.78 is 47.1. The summed E-state index contributed by atoms with van der Waals surface area (Å²) in [6, 6.07) is 4.51. The fraction of sp³-hybridized carbons (Fsp3) is 0.286. The Balaban J connectivity index is 2.44. The SMILES string of the molecule is CC(C)Oc1ccc(F)cc1S(=O)(=O)Nc1ccn(C)c(=O)n1. The Hall–Kier alpha value is -2.42. The van der Waals surface area contributed by atoms with Crippen LogP contribution < -0.4 is 15.1 Å². The minimum absolute atomic E-state index is 0.0118. The largest absolute Gasteiger partial charge is 0.490 e. The average Bonchev–Trinajstić information content (AvgIpc) is 2.44. The molecule has 0 atom stereocenters. The summed E-state index contributed by atoms with van der Waals surface area (Å²) in [5.74, 6) is -0.871. The monoisotopic (exact) mass is 341 g/mol. The van der Waals surface area contributed by atoms with Crippen molar-refractivity contribution in [2.45, 2.75) is 24.8 Å². The van der Waals surface area contributed by atoms with E-state index in [1.807, 2.05) is 0 Å². The molecule has 0 saturated heterocycles. The van der Waals surface area contributed by atoms with Crippen LogP contribution in [0, 0.1) is 5.82 Å².